The van der Waals surface area contributed by atoms with Crippen LogP contribution in [0.25, 0.3) is 11.1 Å². The van der Waals surface area contributed by atoms with E-state index in [-0.39, 0.29) is 30.9 Å². The highest BCUT2D eigenvalue weighted by Gasteiger charge is 2.36. The van der Waals surface area contributed by atoms with Crippen LogP contribution in [0.2, 0.25) is 0 Å². The highest BCUT2D eigenvalue weighted by atomic mass is 19.4. The first kappa shape index (κ1) is 29.1. The number of alkyl halides is 3. The van der Waals surface area contributed by atoms with E-state index in [4.69, 9.17) is 9.47 Å². The van der Waals surface area contributed by atoms with Crippen LogP contribution < -0.4 is 0 Å². The molecule has 1 amide bonds. The molecule has 40 heavy (non-hydrogen) atoms. The van der Waals surface area contributed by atoms with E-state index in [2.05, 4.69) is 0 Å². The topological polar surface area (TPSA) is 55.8 Å². The van der Waals surface area contributed by atoms with Gasteiger partial charge in [-0.15, -0.1) is 0 Å². The van der Waals surface area contributed by atoms with E-state index in [1.54, 1.807) is 20.8 Å². The Hall–Kier alpha value is -3.88. The van der Waals surface area contributed by atoms with Crippen LogP contribution in [0, 0.1) is 5.82 Å². The van der Waals surface area contributed by atoms with E-state index in [0.29, 0.717) is 6.07 Å². The van der Waals surface area contributed by atoms with Gasteiger partial charge in [0.15, 0.2) is 0 Å². The smallest absolute Gasteiger partial charge is 0.419 e. The van der Waals surface area contributed by atoms with E-state index in [1.165, 1.54) is 7.05 Å². The molecule has 0 saturated carbocycles. The van der Waals surface area contributed by atoms with Gasteiger partial charge in [0.2, 0.25) is 0 Å². The second-order valence-electron chi connectivity index (χ2n) is 10.8. The number of aryl methyl sites for hydroxylation is 1. The van der Waals surface area contributed by atoms with Gasteiger partial charge in [0, 0.05) is 13.0 Å². The molecule has 0 heterocycles. The third kappa shape index (κ3) is 6.46. The first-order chi connectivity index (χ1) is 18.8. The summed E-state index contributed by atoms with van der Waals surface area (Å²) in [6.45, 7) is 5.09. The van der Waals surface area contributed by atoms with Crippen molar-refractivity contribution in [3.63, 3.8) is 0 Å². The summed E-state index contributed by atoms with van der Waals surface area (Å²) >= 11 is 0. The molecule has 0 bridgehead atoms. The Balaban J connectivity index is 1.49. The molecule has 0 spiro atoms. The third-order valence-corrected chi connectivity index (χ3v) is 6.82. The summed E-state index contributed by atoms with van der Waals surface area (Å²) in [6.07, 6.45) is -5.55. The molecule has 1 aliphatic rings. The summed E-state index contributed by atoms with van der Waals surface area (Å²) < 4.78 is 64.1. The normalized spacial score (nSPS) is 13.8. The Morgan fingerprint density at radius 2 is 1.50 bits per heavy atom. The predicted molar refractivity (Wildman–Crippen MR) is 142 cm³/mol. The molecule has 0 fully saturated rings. The molecule has 3 aromatic rings. The van der Waals surface area contributed by atoms with Crippen molar-refractivity contribution in [2.45, 2.75) is 57.3 Å². The number of likely N-dealkylation sites (N-methyl/N-ethyl adjacent to an activating group) is 1. The van der Waals surface area contributed by atoms with Crippen molar-refractivity contribution in [3.8, 4) is 11.1 Å². The quantitative estimate of drug-likeness (QED) is 0.225. The highest BCUT2D eigenvalue weighted by Crippen LogP contribution is 2.44. The maximum Gasteiger partial charge on any atom is 0.419 e. The molecule has 4 rings (SSSR count). The number of ether oxygens (including phenoxy) is 2. The Kier molecular flexibility index (Phi) is 8.23. The lowest BCUT2D eigenvalue weighted by Gasteiger charge is -2.30. The van der Waals surface area contributed by atoms with Crippen molar-refractivity contribution in [2.24, 2.45) is 0 Å². The number of hydrogen-bond acceptors (Lipinski definition) is 4. The van der Waals surface area contributed by atoms with Crippen LogP contribution in [0.3, 0.4) is 0 Å². The van der Waals surface area contributed by atoms with E-state index >= 15 is 0 Å². The third-order valence-electron chi connectivity index (χ3n) is 6.82. The van der Waals surface area contributed by atoms with Crippen molar-refractivity contribution in [2.75, 3.05) is 13.7 Å². The van der Waals surface area contributed by atoms with Crippen molar-refractivity contribution in [1.29, 1.82) is 0 Å². The number of hydrogen-bond donors (Lipinski definition) is 0. The molecule has 212 valence electrons. The minimum absolute atomic E-state index is 0.0135. The van der Waals surface area contributed by atoms with Crippen molar-refractivity contribution in [3.05, 3.63) is 94.8 Å². The van der Waals surface area contributed by atoms with Crippen LogP contribution in [0.5, 0.6) is 0 Å². The lowest BCUT2D eigenvalue weighted by molar-refractivity contribution is -0.160. The number of fused-ring (bicyclic) bond motifs is 3. The van der Waals surface area contributed by atoms with Gasteiger partial charge in [-0.05, 0) is 73.6 Å². The molecular weight excluding hydrogens is 526 g/mol. The number of carbonyl (C=O) groups excluding carboxylic acids is 2. The summed E-state index contributed by atoms with van der Waals surface area (Å²) in [6, 6.07) is 17.3. The monoisotopic (exact) mass is 557 g/mol. The average Bonchev–Trinajstić information content (AvgIpc) is 3.19. The summed E-state index contributed by atoms with van der Waals surface area (Å²) in [4.78, 5) is 27.4. The Morgan fingerprint density at radius 1 is 0.925 bits per heavy atom. The minimum atomic E-state index is -4.81. The van der Waals surface area contributed by atoms with Gasteiger partial charge in [-0.1, -0.05) is 54.6 Å². The fraction of sp³-hybridized carbons (Fsp3) is 0.355. The number of rotatable bonds is 7. The van der Waals surface area contributed by atoms with Crippen molar-refractivity contribution < 1.29 is 36.6 Å². The first-order valence-electron chi connectivity index (χ1n) is 12.9. The summed E-state index contributed by atoms with van der Waals surface area (Å²) in [5, 5.41) is 0. The van der Waals surface area contributed by atoms with Crippen LogP contribution in [0.15, 0.2) is 66.7 Å². The molecule has 0 N–H and O–H groups in total. The molecule has 0 saturated heterocycles. The number of benzene rings is 3. The number of carbonyl (C=O) groups is 2. The molecule has 0 aliphatic heterocycles. The van der Waals surface area contributed by atoms with Crippen molar-refractivity contribution >= 4 is 12.1 Å². The fourth-order valence-electron chi connectivity index (χ4n) is 4.91. The van der Waals surface area contributed by atoms with Crippen LogP contribution in [0.1, 0.15) is 55.4 Å². The first-order valence-corrected chi connectivity index (χ1v) is 12.9. The molecule has 5 nitrogen and oxygen atoms in total. The van der Waals surface area contributed by atoms with E-state index in [9.17, 15) is 27.2 Å². The minimum Gasteiger partial charge on any atom is -0.458 e. The second kappa shape index (κ2) is 11.3. The molecule has 1 atom stereocenters. The lowest BCUT2D eigenvalue weighted by Crippen LogP contribution is -2.46. The standard InChI is InChI=1S/C31H31F4NO4/c1-30(2,3)40-28(37)27(16-14-19-13-15-25(26(32)17-19)31(33,34)35)36(4)29(38)39-18-24-22-11-7-5-9-20(22)21-10-6-8-12-23(21)24/h5-13,15,17,24,27H,14,16,18H2,1-4H3. The van der Waals surface area contributed by atoms with Crippen LogP contribution in [-0.4, -0.2) is 42.3 Å². The van der Waals surface area contributed by atoms with Gasteiger partial charge in [-0.2, -0.15) is 13.2 Å². The summed E-state index contributed by atoms with van der Waals surface area (Å²) in [7, 11) is 1.40. The number of halogens is 4. The lowest BCUT2D eigenvalue weighted by atomic mass is 9.98. The van der Waals surface area contributed by atoms with Crippen LogP contribution >= 0.6 is 0 Å². The zero-order valence-corrected chi connectivity index (χ0v) is 22.7. The van der Waals surface area contributed by atoms with E-state index in [0.717, 1.165) is 39.3 Å². The van der Waals surface area contributed by atoms with Gasteiger partial charge < -0.3 is 9.47 Å². The summed E-state index contributed by atoms with van der Waals surface area (Å²) in [5.74, 6) is -2.28. The van der Waals surface area contributed by atoms with Crippen LogP contribution in [0.4, 0.5) is 22.4 Å². The van der Waals surface area contributed by atoms with Gasteiger partial charge in [0.05, 0.1) is 5.56 Å². The molecule has 9 heteroatoms. The SMILES string of the molecule is CN(C(=O)OCC1c2ccccc2-c2ccccc21)C(CCc1ccc(C(F)(F)F)c(F)c1)C(=O)OC(C)(C)C. The van der Waals surface area contributed by atoms with Gasteiger partial charge >= 0.3 is 18.2 Å². The Labute approximate surface area is 230 Å². The maximum atomic E-state index is 14.1. The average molecular weight is 558 g/mol. The van der Waals surface area contributed by atoms with Gasteiger partial charge in [0.1, 0.15) is 24.1 Å². The Morgan fingerprint density at radius 3 is 2.02 bits per heavy atom. The predicted octanol–water partition coefficient (Wildman–Crippen LogP) is 7.37. The fourth-order valence-corrected chi connectivity index (χ4v) is 4.91. The number of nitrogens with zero attached hydrogens (tertiary/aromatic N) is 1. The highest BCUT2D eigenvalue weighted by molar-refractivity contribution is 5.82. The largest absolute Gasteiger partial charge is 0.458 e. The van der Waals surface area contributed by atoms with Gasteiger partial charge in [-0.3, -0.25) is 4.90 Å². The van der Waals surface area contributed by atoms with Gasteiger partial charge in [-0.25, -0.2) is 14.0 Å². The van der Waals surface area contributed by atoms with E-state index < -0.39 is 41.3 Å². The summed E-state index contributed by atoms with van der Waals surface area (Å²) in [5.41, 5.74) is 2.25. The molecule has 1 aliphatic carbocycles. The molecule has 3 aromatic carbocycles. The zero-order chi connectivity index (χ0) is 29.2. The van der Waals surface area contributed by atoms with E-state index in [1.807, 2.05) is 48.5 Å². The Bertz CT molecular complexity index is 1350. The van der Waals surface area contributed by atoms with Crippen LogP contribution in [-0.2, 0) is 26.9 Å². The number of amides is 1. The molecule has 0 radical (unpaired) electrons. The van der Waals surface area contributed by atoms with Gasteiger partial charge in [0.25, 0.3) is 0 Å². The zero-order valence-electron chi connectivity index (χ0n) is 22.7. The number of esters is 1. The molecule has 1 unspecified atom stereocenters. The maximum absolute atomic E-state index is 14.1. The second-order valence-corrected chi connectivity index (χ2v) is 10.8. The van der Waals surface area contributed by atoms with Crippen molar-refractivity contribution in [1.82, 2.24) is 4.90 Å². The molecular formula is C31H31F4NO4. The molecule has 0 aromatic heterocycles.